The number of hydrogen-bond acceptors (Lipinski definition) is 3. The minimum absolute atomic E-state index is 0.0371. The first-order valence-electron chi connectivity index (χ1n) is 5.62. The molecule has 1 amide bonds. The fraction of sp³-hybridized carbons (Fsp3) is 0.833. The van der Waals surface area contributed by atoms with E-state index < -0.39 is 11.7 Å². The molecule has 0 heterocycles. The number of rotatable bonds is 4. The monoisotopic (exact) mass is 229 g/mol. The van der Waals surface area contributed by atoms with E-state index in [0.717, 1.165) is 0 Å². The molecule has 0 aromatic rings. The molecule has 0 fully saturated rings. The van der Waals surface area contributed by atoms with E-state index in [1.807, 2.05) is 34.6 Å². The highest BCUT2D eigenvalue weighted by Crippen LogP contribution is 2.09. The van der Waals surface area contributed by atoms with Crippen LogP contribution in [0.15, 0.2) is 0 Å². The summed E-state index contributed by atoms with van der Waals surface area (Å²) >= 11 is 0. The molecule has 0 saturated carbocycles. The second-order valence-electron chi connectivity index (χ2n) is 5.29. The van der Waals surface area contributed by atoms with Gasteiger partial charge in [-0.1, -0.05) is 6.92 Å². The van der Waals surface area contributed by atoms with Crippen molar-refractivity contribution in [1.29, 1.82) is 0 Å². The van der Waals surface area contributed by atoms with Gasteiger partial charge in [-0.05, 0) is 41.0 Å². The fourth-order valence-corrected chi connectivity index (χ4v) is 1.26. The van der Waals surface area contributed by atoms with Gasteiger partial charge < -0.3 is 10.1 Å². The topological polar surface area (TPSA) is 55.4 Å². The zero-order valence-electron chi connectivity index (χ0n) is 11.1. The molecule has 94 valence electrons. The first-order chi connectivity index (χ1) is 7.11. The Morgan fingerprint density at radius 2 is 1.75 bits per heavy atom. The van der Waals surface area contributed by atoms with Gasteiger partial charge in [0.2, 0.25) is 0 Å². The highest BCUT2D eigenvalue weighted by atomic mass is 16.6. The SMILES string of the molecule is CC(=O)C(C)CC(C)NC(=O)OC(C)(C)C. The molecular weight excluding hydrogens is 206 g/mol. The van der Waals surface area contributed by atoms with Crippen molar-refractivity contribution in [2.75, 3.05) is 0 Å². The minimum atomic E-state index is -0.490. The minimum Gasteiger partial charge on any atom is -0.444 e. The van der Waals surface area contributed by atoms with Crippen molar-refractivity contribution in [3.8, 4) is 0 Å². The third-order valence-corrected chi connectivity index (χ3v) is 2.16. The summed E-state index contributed by atoms with van der Waals surface area (Å²) < 4.78 is 5.12. The highest BCUT2D eigenvalue weighted by Gasteiger charge is 2.19. The Labute approximate surface area is 97.7 Å². The van der Waals surface area contributed by atoms with Gasteiger partial charge in [-0.15, -0.1) is 0 Å². The van der Waals surface area contributed by atoms with Crippen molar-refractivity contribution in [2.45, 2.75) is 59.6 Å². The Hall–Kier alpha value is -1.06. The second kappa shape index (κ2) is 5.87. The van der Waals surface area contributed by atoms with E-state index in [1.54, 1.807) is 6.92 Å². The van der Waals surface area contributed by atoms with Crippen LogP contribution < -0.4 is 5.32 Å². The summed E-state index contributed by atoms with van der Waals surface area (Å²) in [4.78, 5) is 22.5. The zero-order valence-corrected chi connectivity index (χ0v) is 11.1. The van der Waals surface area contributed by atoms with Crippen LogP contribution in [0.4, 0.5) is 4.79 Å². The molecule has 4 nitrogen and oxygen atoms in total. The molecule has 0 radical (unpaired) electrons. The van der Waals surface area contributed by atoms with Gasteiger partial charge in [-0.25, -0.2) is 4.79 Å². The number of ketones is 1. The zero-order chi connectivity index (χ0) is 12.9. The average Bonchev–Trinajstić information content (AvgIpc) is 1.98. The highest BCUT2D eigenvalue weighted by molar-refractivity contribution is 5.78. The maximum Gasteiger partial charge on any atom is 0.407 e. The van der Waals surface area contributed by atoms with Crippen molar-refractivity contribution in [1.82, 2.24) is 5.32 Å². The van der Waals surface area contributed by atoms with Gasteiger partial charge in [-0.3, -0.25) is 4.79 Å². The third-order valence-electron chi connectivity index (χ3n) is 2.16. The van der Waals surface area contributed by atoms with E-state index in [9.17, 15) is 9.59 Å². The lowest BCUT2D eigenvalue weighted by atomic mass is 9.99. The van der Waals surface area contributed by atoms with E-state index in [1.165, 1.54) is 0 Å². The molecule has 1 N–H and O–H groups in total. The molecule has 0 aliphatic carbocycles. The van der Waals surface area contributed by atoms with Crippen molar-refractivity contribution in [3.63, 3.8) is 0 Å². The molecule has 0 saturated heterocycles. The molecule has 0 aromatic carbocycles. The number of carbonyl (C=O) groups excluding carboxylic acids is 2. The molecular formula is C12H23NO3. The predicted molar refractivity (Wildman–Crippen MR) is 63.3 cm³/mol. The lowest BCUT2D eigenvalue weighted by Crippen LogP contribution is -2.38. The van der Waals surface area contributed by atoms with Gasteiger partial charge in [0.25, 0.3) is 0 Å². The number of hydrogen-bond donors (Lipinski definition) is 1. The van der Waals surface area contributed by atoms with Crippen molar-refractivity contribution in [3.05, 3.63) is 0 Å². The van der Waals surface area contributed by atoms with E-state index in [4.69, 9.17) is 4.74 Å². The summed E-state index contributed by atoms with van der Waals surface area (Å²) in [5.41, 5.74) is -0.490. The van der Waals surface area contributed by atoms with Crippen LogP contribution in [-0.4, -0.2) is 23.5 Å². The molecule has 0 bridgehead atoms. The van der Waals surface area contributed by atoms with Crippen molar-refractivity contribution < 1.29 is 14.3 Å². The van der Waals surface area contributed by atoms with Crippen LogP contribution >= 0.6 is 0 Å². The van der Waals surface area contributed by atoms with Crippen molar-refractivity contribution >= 4 is 11.9 Å². The molecule has 16 heavy (non-hydrogen) atoms. The second-order valence-corrected chi connectivity index (χ2v) is 5.29. The van der Waals surface area contributed by atoms with Crippen molar-refractivity contribution in [2.24, 2.45) is 5.92 Å². The fourth-order valence-electron chi connectivity index (χ4n) is 1.26. The Morgan fingerprint density at radius 1 is 1.25 bits per heavy atom. The van der Waals surface area contributed by atoms with Crippen LogP contribution in [0.3, 0.4) is 0 Å². The van der Waals surface area contributed by atoms with Gasteiger partial charge in [-0.2, -0.15) is 0 Å². The van der Waals surface area contributed by atoms with Crippen LogP contribution in [0.25, 0.3) is 0 Å². The lowest BCUT2D eigenvalue weighted by molar-refractivity contribution is -0.120. The van der Waals surface area contributed by atoms with Gasteiger partial charge in [0.1, 0.15) is 11.4 Å². The first-order valence-corrected chi connectivity index (χ1v) is 5.62. The summed E-state index contributed by atoms with van der Waals surface area (Å²) in [5.74, 6) is 0.0998. The summed E-state index contributed by atoms with van der Waals surface area (Å²) in [6, 6.07) is -0.0613. The summed E-state index contributed by atoms with van der Waals surface area (Å²) in [6.07, 6.45) is 0.199. The van der Waals surface area contributed by atoms with Crippen LogP contribution in [0.5, 0.6) is 0 Å². The number of amides is 1. The van der Waals surface area contributed by atoms with E-state index in [2.05, 4.69) is 5.32 Å². The van der Waals surface area contributed by atoms with Crippen LogP contribution in [-0.2, 0) is 9.53 Å². The number of carbonyl (C=O) groups is 2. The summed E-state index contributed by atoms with van der Waals surface area (Å²) in [5, 5.41) is 2.71. The quantitative estimate of drug-likeness (QED) is 0.805. The molecule has 0 aliphatic heterocycles. The largest absolute Gasteiger partial charge is 0.444 e. The molecule has 4 heteroatoms. The molecule has 0 spiro atoms. The normalized spacial score (nSPS) is 15.1. The van der Waals surface area contributed by atoms with Crippen LogP contribution in [0, 0.1) is 5.92 Å². The Balaban J connectivity index is 4.01. The molecule has 2 unspecified atom stereocenters. The van der Waals surface area contributed by atoms with Gasteiger partial charge >= 0.3 is 6.09 Å². The molecule has 2 atom stereocenters. The Kier molecular flexibility index (Phi) is 5.48. The van der Waals surface area contributed by atoms with Crippen LogP contribution in [0.1, 0.15) is 48.0 Å². The number of Topliss-reactive ketones (excluding diaryl/α,β-unsaturated/α-hetero) is 1. The molecule has 0 aromatic heterocycles. The first kappa shape index (κ1) is 14.9. The standard InChI is InChI=1S/C12H23NO3/c1-8(10(3)14)7-9(2)13-11(15)16-12(4,5)6/h8-9H,7H2,1-6H3,(H,13,15). The van der Waals surface area contributed by atoms with Gasteiger partial charge in [0.05, 0.1) is 0 Å². The van der Waals surface area contributed by atoms with Gasteiger partial charge in [0.15, 0.2) is 0 Å². The van der Waals surface area contributed by atoms with E-state index in [-0.39, 0.29) is 17.7 Å². The number of alkyl carbamates (subject to hydrolysis) is 1. The lowest BCUT2D eigenvalue weighted by Gasteiger charge is -2.22. The number of ether oxygens (including phenoxy) is 1. The third kappa shape index (κ3) is 7.26. The summed E-state index contributed by atoms with van der Waals surface area (Å²) in [7, 11) is 0. The Bertz CT molecular complexity index is 255. The number of nitrogens with one attached hydrogen (secondary N) is 1. The summed E-state index contributed by atoms with van der Waals surface area (Å²) in [6.45, 7) is 10.7. The maximum atomic E-state index is 11.4. The predicted octanol–water partition coefficient (Wildman–Crippen LogP) is 2.51. The smallest absolute Gasteiger partial charge is 0.407 e. The molecule has 0 rings (SSSR count). The van der Waals surface area contributed by atoms with Gasteiger partial charge in [0, 0.05) is 12.0 Å². The van der Waals surface area contributed by atoms with Crippen LogP contribution in [0.2, 0.25) is 0 Å². The Morgan fingerprint density at radius 3 is 2.12 bits per heavy atom. The molecule has 0 aliphatic rings. The van der Waals surface area contributed by atoms with E-state index in [0.29, 0.717) is 6.42 Å². The van der Waals surface area contributed by atoms with E-state index >= 15 is 0 Å². The average molecular weight is 229 g/mol. The maximum absolute atomic E-state index is 11.4.